The van der Waals surface area contributed by atoms with E-state index in [9.17, 15) is 13.6 Å². The van der Waals surface area contributed by atoms with E-state index < -0.39 is 17.7 Å². The Hall–Kier alpha value is -2.09. The number of likely N-dealkylation sites (tertiary alicyclic amines) is 1. The normalized spacial score (nSPS) is 15.8. The molecule has 2 rings (SSSR count). The van der Waals surface area contributed by atoms with Crippen molar-refractivity contribution in [2.45, 2.75) is 19.3 Å². The molecule has 0 bridgehead atoms. The molecule has 1 aliphatic heterocycles. The summed E-state index contributed by atoms with van der Waals surface area (Å²) in [6, 6.07) is 3.01. The number of piperidine rings is 1. The van der Waals surface area contributed by atoms with Crippen LogP contribution in [0.2, 0.25) is 0 Å². The van der Waals surface area contributed by atoms with Crippen LogP contribution in [-0.2, 0) is 0 Å². The van der Waals surface area contributed by atoms with Crippen LogP contribution in [0.25, 0.3) is 0 Å². The van der Waals surface area contributed by atoms with Crippen LogP contribution in [0, 0.1) is 29.9 Å². The molecule has 1 fully saturated rings. The summed E-state index contributed by atoms with van der Waals surface area (Å²) in [4.78, 5) is 13.4. The van der Waals surface area contributed by atoms with Crippen LogP contribution in [0.4, 0.5) is 13.6 Å². The summed E-state index contributed by atoms with van der Waals surface area (Å²) in [5.74, 6) is 1.05. The van der Waals surface area contributed by atoms with E-state index in [0.717, 1.165) is 25.0 Å². The highest BCUT2D eigenvalue weighted by Gasteiger charge is 2.23. The van der Waals surface area contributed by atoms with E-state index in [4.69, 9.17) is 11.2 Å². The van der Waals surface area contributed by atoms with Crippen molar-refractivity contribution in [3.05, 3.63) is 29.8 Å². The van der Waals surface area contributed by atoms with E-state index in [0.29, 0.717) is 25.4 Å². The molecule has 5 heteroatoms. The van der Waals surface area contributed by atoms with Gasteiger partial charge in [0.05, 0.1) is 0 Å². The Morgan fingerprint density at radius 1 is 1.35 bits per heavy atom. The Bertz CT molecular complexity index is 531. The first-order valence-electron chi connectivity index (χ1n) is 6.45. The highest BCUT2D eigenvalue weighted by Crippen LogP contribution is 2.22. The molecule has 20 heavy (non-hydrogen) atoms. The number of carbonyl (C=O) groups is 1. The number of amides is 1. The highest BCUT2D eigenvalue weighted by atomic mass is 19.2. The predicted molar refractivity (Wildman–Crippen MR) is 70.1 cm³/mol. The van der Waals surface area contributed by atoms with E-state index >= 15 is 0 Å². The summed E-state index contributed by atoms with van der Waals surface area (Å²) < 4.78 is 30.8. The number of ether oxygens (including phenoxy) is 1. The lowest BCUT2D eigenvalue weighted by Crippen LogP contribution is -2.40. The lowest BCUT2D eigenvalue weighted by Gasteiger charge is -2.30. The van der Waals surface area contributed by atoms with Crippen molar-refractivity contribution in [3.8, 4) is 18.1 Å². The Labute approximate surface area is 116 Å². The smallest absolute Gasteiger partial charge is 0.410 e. The van der Waals surface area contributed by atoms with Crippen molar-refractivity contribution in [2.75, 3.05) is 13.1 Å². The SMILES string of the molecule is C#CCC1CCN(C(=O)Oc2ccc(F)c(F)c2)CC1. The van der Waals surface area contributed by atoms with Crippen LogP contribution in [0.3, 0.4) is 0 Å². The molecule has 1 aromatic carbocycles. The van der Waals surface area contributed by atoms with E-state index in [2.05, 4.69) is 5.92 Å². The van der Waals surface area contributed by atoms with E-state index in [1.54, 1.807) is 4.90 Å². The van der Waals surface area contributed by atoms with Gasteiger partial charge in [-0.3, -0.25) is 0 Å². The van der Waals surface area contributed by atoms with Crippen LogP contribution < -0.4 is 4.74 Å². The summed E-state index contributed by atoms with van der Waals surface area (Å²) >= 11 is 0. The van der Waals surface area contributed by atoms with Gasteiger partial charge in [-0.25, -0.2) is 13.6 Å². The van der Waals surface area contributed by atoms with Gasteiger partial charge in [0, 0.05) is 25.6 Å². The fraction of sp³-hybridized carbons (Fsp3) is 0.400. The molecular weight excluding hydrogens is 264 g/mol. The van der Waals surface area contributed by atoms with Crippen LogP contribution in [0.5, 0.6) is 5.75 Å². The van der Waals surface area contributed by atoms with Crippen LogP contribution in [-0.4, -0.2) is 24.1 Å². The van der Waals surface area contributed by atoms with Crippen molar-refractivity contribution in [1.82, 2.24) is 4.90 Å². The molecule has 0 spiro atoms. The molecule has 0 N–H and O–H groups in total. The van der Waals surface area contributed by atoms with Gasteiger partial charge in [0.15, 0.2) is 11.6 Å². The first-order chi connectivity index (χ1) is 9.60. The summed E-state index contributed by atoms with van der Waals surface area (Å²) in [5, 5.41) is 0. The molecular formula is C15H15F2NO2. The lowest BCUT2D eigenvalue weighted by molar-refractivity contribution is 0.131. The van der Waals surface area contributed by atoms with Crippen molar-refractivity contribution < 1.29 is 18.3 Å². The average molecular weight is 279 g/mol. The topological polar surface area (TPSA) is 29.5 Å². The Morgan fingerprint density at radius 2 is 2.05 bits per heavy atom. The first kappa shape index (κ1) is 14.3. The minimum Gasteiger partial charge on any atom is -0.410 e. The highest BCUT2D eigenvalue weighted by molar-refractivity contribution is 5.70. The van der Waals surface area contributed by atoms with Gasteiger partial charge in [-0.1, -0.05) is 0 Å². The molecule has 3 nitrogen and oxygen atoms in total. The van der Waals surface area contributed by atoms with Crippen molar-refractivity contribution in [2.24, 2.45) is 5.92 Å². The van der Waals surface area contributed by atoms with Crippen molar-refractivity contribution in [3.63, 3.8) is 0 Å². The molecule has 0 radical (unpaired) electrons. The molecule has 0 atom stereocenters. The second-order valence-corrected chi connectivity index (χ2v) is 4.78. The Kier molecular flexibility index (Phi) is 4.57. The van der Waals surface area contributed by atoms with E-state index in [1.165, 1.54) is 6.07 Å². The molecule has 1 amide bonds. The van der Waals surface area contributed by atoms with Crippen molar-refractivity contribution >= 4 is 6.09 Å². The second kappa shape index (κ2) is 6.38. The monoisotopic (exact) mass is 279 g/mol. The van der Waals surface area contributed by atoms with Crippen LogP contribution in [0.1, 0.15) is 19.3 Å². The van der Waals surface area contributed by atoms with Crippen LogP contribution in [0.15, 0.2) is 18.2 Å². The zero-order valence-corrected chi connectivity index (χ0v) is 10.9. The molecule has 0 unspecified atom stereocenters. The van der Waals surface area contributed by atoms with Gasteiger partial charge in [0.2, 0.25) is 0 Å². The van der Waals surface area contributed by atoms with Crippen LogP contribution >= 0.6 is 0 Å². The quantitative estimate of drug-likeness (QED) is 0.778. The average Bonchev–Trinajstić information content (AvgIpc) is 2.44. The zero-order chi connectivity index (χ0) is 14.5. The second-order valence-electron chi connectivity index (χ2n) is 4.78. The molecule has 1 aliphatic rings. The first-order valence-corrected chi connectivity index (χ1v) is 6.45. The lowest BCUT2D eigenvalue weighted by atomic mass is 9.94. The zero-order valence-electron chi connectivity index (χ0n) is 10.9. The minimum atomic E-state index is -1.04. The van der Waals surface area contributed by atoms with Crippen molar-refractivity contribution in [1.29, 1.82) is 0 Å². The molecule has 0 aliphatic carbocycles. The van der Waals surface area contributed by atoms with Gasteiger partial charge in [-0.05, 0) is 30.9 Å². The standard InChI is InChI=1S/C15H15F2NO2/c1-2-3-11-6-8-18(9-7-11)15(19)20-12-4-5-13(16)14(17)10-12/h1,4-5,10-11H,3,6-9H2. The number of rotatable bonds is 2. The third kappa shape index (κ3) is 3.47. The third-order valence-corrected chi connectivity index (χ3v) is 3.38. The number of carbonyl (C=O) groups excluding carboxylic acids is 1. The minimum absolute atomic E-state index is 0.000326. The number of benzene rings is 1. The molecule has 1 saturated heterocycles. The maximum atomic E-state index is 13.0. The summed E-state index contributed by atoms with van der Waals surface area (Å²) in [5.41, 5.74) is 0. The maximum Gasteiger partial charge on any atom is 0.415 e. The van der Waals surface area contributed by atoms with Gasteiger partial charge in [0.1, 0.15) is 5.75 Å². The number of halogens is 2. The number of nitrogens with zero attached hydrogens (tertiary/aromatic N) is 1. The molecule has 0 aromatic heterocycles. The molecule has 1 heterocycles. The Morgan fingerprint density at radius 3 is 2.65 bits per heavy atom. The maximum absolute atomic E-state index is 13.0. The summed E-state index contributed by atoms with van der Waals surface area (Å²) in [7, 11) is 0. The number of hydrogen-bond donors (Lipinski definition) is 0. The van der Waals surface area contributed by atoms with Gasteiger partial charge >= 0.3 is 6.09 Å². The number of terminal acetylenes is 1. The third-order valence-electron chi connectivity index (χ3n) is 3.38. The summed E-state index contributed by atoms with van der Waals surface area (Å²) in [6.45, 7) is 1.13. The van der Waals surface area contributed by atoms with E-state index in [-0.39, 0.29) is 5.75 Å². The summed E-state index contributed by atoms with van der Waals surface area (Å²) in [6.07, 6.45) is 7.09. The fourth-order valence-corrected chi connectivity index (χ4v) is 2.19. The largest absolute Gasteiger partial charge is 0.415 e. The van der Waals surface area contributed by atoms with Gasteiger partial charge < -0.3 is 9.64 Å². The molecule has 0 saturated carbocycles. The van der Waals surface area contributed by atoms with Gasteiger partial charge in [0.25, 0.3) is 0 Å². The molecule has 106 valence electrons. The fourth-order valence-electron chi connectivity index (χ4n) is 2.19. The van der Waals surface area contributed by atoms with E-state index in [1.807, 2.05) is 0 Å². The number of hydrogen-bond acceptors (Lipinski definition) is 2. The molecule has 1 aromatic rings. The predicted octanol–water partition coefficient (Wildman–Crippen LogP) is 3.20. The van der Waals surface area contributed by atoms with Gasteiger partial charge in [-0.15, -0.1) is 12.3 Å². The Balaban J connectivity index is 1.89. The van der Waals surface area contributed by atoms with Gasteiger partial charge in [-0.2, -0.15) is 0 Å².